The summed E-state index contributed by atoms with van der Waals surface area (Å²) in [5, 5.41) is 4.14. The van der Waals surface area contributed by atoms with Crippen LogP contribution in [0.2, 0.25) is 0 Å². The summed E-state index contributed by atoms with van der Waals surface area (Å²) in [5.41, 5.74) is 0. The molecule has 7 heteroatoms. The van der Waals surface area contributed by atoms with E-state index in [2.05, 4.69) is 5.10 Å². The first-order valence-corrected chi connectivity index (χ1v) is 8.44. The molecule has 108 valence electrons. The number of hydrogen-bond donors (Lipinski definition) is 0. The summed E-state index contributed by atoms with van der Waals surface area (Å²) in [6.45, 7) is 4.56. The van der Waals surface area contributed by atoms with Crippen molar-refractivity contribution < 1.29 is 13.2 Å². The van der Waals surface area contributed by atoms with Crippen LogP contribution < -0.4 is 4.74 Å². The van der Waals surface area contributed by atoms with Gasteiger partial charge in [-0.3, -0.25) is 4.68 Å². The number of piperidine rings is 1. The van der Waals surface area contributed by atoms with Crippen molar-refractivity contribution in [2.75, 3.05) is 26.0 Å². The average Bonchev–Trinajstić information content (AvgIpc) is 2.84. The maximum Gasteiger partial charge on any atom is 0.211 e. The topological polar surface area (TPSA) is 64.4 Å². The van der Waals surface area contributed by atoms with Gasteiger partial charge in [0.05, 0.1) is 25.3 Å². The van der Waals surface area contributed by atoms with Crippen molar-refractivity contribution in [3.63, 3.8) is 0 Å². The molecule has 1 aliphatic heterocycles. The smallest absolute Gasteiger partial charge is 0.211 e. The Morgan fingerprint density at radius 3 is 2.95 bits per heavy atom. The molecule has 6 nitrogen and oxygen atoms in total. The van der Waals surface area contributed by atoms with Crippen molar-refractivity contribution in [3.8, 4) is 5.75 Å². The maximum absolute atomic E-state index is 11.5. The highest BCUT2D eigenvalue weighted by Gasteiger charge is 2.26. The third-order valence-corrected chi connectivity index (χ3v) is 4.64. The second-order valence-corrected chi connectivity index (χ2v) is 6.95. The van der Waals surface area contributed by atoms with Crippen molar-refractivity contribution in [2.24, 2.45) is 5.92 Å². The Morgan fingerprint density at radius 1 is 1.53 bits per heavy atom. The Labute approximate surface area is 114 Å². The van der Waals surface area contributed by atoms with Crippen molar-refractivity contribution in [1.82, 2.24) is 14.1 Å². The third-order valence-electron chi connectivity index (χ3n) is 3.37. The van der Waals surface area contributed by atoms with E-state index in [1.165, 1.54) is 6.26 Å². The van der Waals surface area contributed by atoms with Crippen molar-refractivity contribution >= 4 is 10.0 Å². The molecule has 1 fully saturated rings. The first-order valence-electron chi connectivity index (χ1n) is 6.59. The minimum atomic E-state index is -3.08. The zero-order valence-electron chi connectivity index (χ0n) is 11.4. The van der Waals surface area contributed by atoms with Crippen LogP contribution in [0.4, 0.5) is 0 Å². The van der Waals surface area contributed by atoms with E-state index in [4.69, 9.17) is 4.74 Å². The predicted octanol–water partition coefficient (Wildman–Crippen LogP) is 0.953. The van der Waals surface area contributed by atoms with Crippen LogP contribution in [0.3, 0.4) is 0 Å². The van der Waals surface area contributed by atoms with E-state index in [1.54, 1.807) is 15.2 Å². The van der Waals surface area contributed by atoms with Crippen LogP contribution in [0.5, 0.6) is 5.75 Å². The summed E-state index contributed by atoms with van der Waals surface area (Å²) < 4.78 is 32.1. The van der Waals surface area contributed by atoms with Crippen LogP contribution in [-0.2, 0) is 16.6 Å². The Bertz CT molecular complexity index is 512. The second-order valence-electron chi connectivity index (χ2n) is 4.97. The molecule has 2 rings (SSSR count). The summed E-state index contributed by atoms with van der Waals surface area (Å²) in [6, 6.07) is 0. The lowest BCUT2D eigenvalue weighted by Gasteiger charge is -2.30. The van der Waals surface area contributed by atoms with Gasteiger partial charge in [0.2, 0.25) is 10.0 Å². The fraction of sp³-hybridized carbons (Fsp3) is 0.750. The minimum Gasteiger partial charge on any atom is -0.490 e. The molecule has 0 amide bonds. The molecule has 2 heterocycles. The molecular formula is C12H21N3O3S. The highest BCUT2D eigenvalue weighted by molar-refractivity contribution is 7.88. The Morgan fingerprint density at radius 2 is 2.32 bits per heavy atom. The number of ether oxygens (including phenoxy) is 1. The van der Waals surface area contributed by atoms with Gasteiger partial charge in [0.1, 0.15) is 0 Å². The third kappa shape index (κ3) is 3.94. The minimum absolute atomic E-state index is 0.258. The molecule has 1 saturated heterocycles. The van der Waals surface area contributed by atoms with E-state index in [0.29, 0.717) is 19.7 Å². The molecule has 0 aromatic carbocycles. The lowest BCUT2D eigenvalue weighted by Crippen LogP contribution is -2.40. The maximum atomic E-state index is 11.5. The summed E-state index contributed by atoms with van der Waals surface area (Å²) in [7, 11) is -3.08. The highest BCUT2D eigenvalue weighted by Crippen LogP contribution is 2.20. The fourth-order valence-electron chi connectivity index (χ4n) is 2.27. The van der Waals surface area contributed by atoms with Gasteiger partial charge in [0.15, 0.2) is 5.75 Å². The second kappa shape index (κ2) is 5.92. The van der Waals surface area contributed by atoms with Gasteiger partial charge in [0, 0.05) is 25.6 Å². The van der Waals surface area contributed by atoms with E-state index in [9.17, 15) is 8.42 Å². The number of rotatable bonds is 5. The predicted molar refractivity (Wildman–Crippen MR) is 72.5 cm³/mol. The number of sulfonamides is 1. The summed E-state index contributed by atoms with van der Waals surface area (Å²) >= 11 is 0. The fourth-order valence-corrected chi connectivity index (χ4v) is 3.21. The van der Waals surface area contributed by atoms with Gasteiger partial charge in [-0.05, 0) is 19.8 Å². The summed E-state index contributed by atoms with van der Waals surface area (Å²) in [6.07, 6.45) is 6.72. The van der Waals surface area contributed by atoms with E-state index < -0.39 is 10.0 Å². The largest absolute Gasteiger partial charge is 0.490 e. The van der Waals surface area contributed by atoms with Gasteiger partial charge in [-0.25, -0.2) is 12.7 Å². The first-order chi connectivity index (χ1) is 8.99. The lowest BCUT2D eigenvalue weighted by atomic mass is 10.0. The van der Waals surface area contributed by atoms with Crippen molar-refractivity contribution in [2.45, 2.75) is 26.3 Å². The molecular weight excluding hydrogens is 266 g/mol. The molecule has 0 saturated carbocycles. The van der Waals surface area contributed by atoms with Gasteiger partial charge < -0.3 is 4.74 Å². The van der Waals surface area contributed by atoms with Crippen LogP contribution in [0.1, 0.15) is 19.8 Å². The Kier molecular flexibility index (Phi) is 4.46. The van der Waals surface area contributed by atoms with Gasteiger partial charge >= 0.3 is 0 Å². The zero-order chi connectivity index (χ0) is 13.9. The van der Waals surface area contributed by atoms with E-state index >= 15 is 0 Å². The molecule has 0 radical (unpaired) electrons. The molecule has 19 heavy (non-hydrogen) atoms. The van der Waals surface area contributed by atoms with Gasteiger partial charge in [-0.2, -0.15) is 5.10 Å². The SMILES string of the molecule is CCn1cc(OCC2CCCN(S(C)(=O)=O)C2)cn1. The molecule has 1 unspecified atom stereocenters. The average molecular weight is 287 g/mol. The van der Waals surface area contributed by atoms with E-state index in [0.717, 1.165) is 25.1 Å². The van der Waals surface area contributed by atoms with E-state index in [-0.39, 0.29) is 5.92 Å². The molecule has 1 aliphatic rings. The summed E-state index contributed by atoms with van der Waals surface area (Å²) in [5.74, 6) is 1.01. The van der Waals surface area contributed by atoms with Crippen LogP contribution in [-0.4, -0.2) is 48.5 Å². The molecule has 0 aliphatic carbocycles. The zero-order valence-corrected chi connectivity index (χ0v) is 12.3. The Balaban J connectivity index is 1.86. The molecule has 1 atom stereocenters. The lowest BCUT2D eigenvalue weighted by molar-refractivity contribution is 0.180. The molecule has 0 spiro atoms. The number of nitrogens with zero attached hydrogens (tertiary/aromatic N) is 3. The number of aromatic nitrogens is 2. The summed E-state index contributed by atoms with van der Waals surface area (Å²) in [4.78, 5) is 0. The first kappa shape index (κ1) is 14.3. The van der Waals surface area contributed by atoms with Crippen LogP contribution in [0, 0.1) is 5.92 Å². The molecule has 1 aromatic heterocycles. The van der Waals surface area contributed by atoms with E-state index in [1.807, 2.05) is 13.1 Å². The number of aryl methyl sites for hydroxylation is 1. The number of hydrogen-bond acceptors (Lipinski definition) is 4. The monoisotopic (exact) mass is 287 g/mol. The van der Waals surface area contributed by atoms with Crippen LogP contribution >= 0.6 is 0 Å². The Hall–Kier alpha value is -1.08. The van der Waals surface area contributed by atoms with Gasteiger partial charge in [-0.15, -0.1) is 0 Å². The van der Waals surface area contributed by atoms with Crippen molar-refractivity contribution in [1.29, 1.82) is 0 Å². The van der Waals surface area contributed by atoms with Crippen LogP contribution in [0.15, 0.2) is 12.4 Å². The standard InChI is InChI=1S/C12H21N3O3S/c1-3-14-9-12(7-13-14)18-10-11-5-4-6-15(8-11)19(2,16)17/h7,9,11H,3-6,8,10H2,1-2H3. The quantitative estimate of drug-likeness (QED) is 0.809. The normalized spacial score (nSPS) is 21.5. The molecule has 0 N–H and O–H groups in total. The van der Waals surface area contributed by atoms with Gasteiger partial charge in [-0.1, -0.05) is 0 Å². The molecule has 0 bridgehead atoms. The van der Waals surface area contributed by atoms with Crippen molar-refractivity contribution in [3.05, 3.63) is 12.4 Å². The molecule has 1 aromatic rings. The van der Waals surface area contributed by atoms with Gasteiger partial charge in [0.25, 0.3) is 0 Å². The van der Waals surface area contributed by atoms with Crippen LogP contribution in [0.25, 0.3) is 0 Å². The highest BCUT2D eigenvalue weighted by atomic mass is 32.2.